The predicted octanol–water partition coefficient (Wildman–Crippen LogP) is 2.33. The zero-order chi connectivity index (χ0) is 16.8. The molecule has 1 saturated heterocycles. The maximum absolute atomic E-state index is 9.25. The lowest BCUT2D eigenvalue weighted by Crippen LogP contribution is -2.54. The first-order valence-corrected chi connectivity index (χ1v) is 8.21. The van der Waals surface area contributed by atoms with Crippen LogP contribution in [0.5, 0.6) is 5.75 Å². The Morgan fingerprint density at radius 3 is 2.87 bits per heavy atom. The molecule has 126 valence electrons. The van der Waals surface area contributed by atoms with Gasteiger partial charge in [0.25, 0.3) is 0 Å². The number of hydrogen-bond donors (Lipinski definition) is 1. The van der Waals surface area contributed by atoms with E-state index in [1.165, 1.54) is 5.56 Å². The van der Waals surface area contributed by atoms with Gasteiger partial charge in [0.15, 0.2) is 0 Å². The minimum absolute atomic E-state index is 0.284. The Morgan fingerprint density at radius 1 is 1.39 bits per heavy atom. The molecule has 0 aliphatic carbocycles. The molecule has 5 nitrogen and oxygen atoms in total. The van der Waals surface area contributed by atoms with Gasteiger partial charge in [0.2, 0.25) is 0 Å². The lowest BCUT2D eigenvalue weighted by atomic mass is 10.0. The van der Waals surface area contributed by atoms with Gasteiger partial charge >= 0.3 is 0 Å². The fourth-order valence-electron chi connectivity index (χ4n) is 3.03. The Morgan fingerprint density at radius 2 is 2.17 bits per heavy atom. The van der Waals surface area contributed by atoms with Crippen molar-refractivity contribution in [2.75, 3.05) is 33.4 Å². The number of hydrogen-bond acceptors (Lipinski definition) is 5. The Labute approximate surface area is 139 Å². The van der Waals surface area contributed by atoms with Crippen molar-refractivity contribution in [1.82, 2.24) is 10.2 Å². The van der Waals surface area contributed by atoms with E-state index in [0.29, 0.717) is 36.6 Å². The quantitative estimate of drug-likeness (QED) is 0.816. The lowest BCUT2D eigenvalue weighted by molar-refractivity contribution is 0.103. The molecular weight excluding hydrogens is 290 g/mol. The molecule has 1 heterocycles. The second-order valence-electron chi connectivity index (χ2n) is 6.24. The van der Waals surface area contributed by atoms with Crippen molar-refractivity contribution in [2.45, 2.75) is 38.9 Å². The molecule has 0 radical (unpaired) electrons. The van der Waals surface area contributed by atoms with Gasteiger partial charge in [-0.25, -0.2) is 0 Å². The summed E-state index contributed by atoms with van der Waals surface area (Å²) in [7, 11) is 1.64. The summed E-state index contributed by atoms with van der Waals surface area (Å²) in [5.41, 5.74) is 1.75. The maximum Gasteiger partial charge on any atom is 0.137 e. The van der Waals surface area contributed by atoms with Gasteiger partial charge in [-0.05, 0) is 38.5 Å². The summed E-state index contributed by atoms with van der Waals surface area (Å²) in [4.78, 5) is 2.50. The minimum atomic E-state index is 0.284. The normalized spacial score (nSPS) is 23.3. The standard InChI is InChI=1S/C18H27N3O2/c1-13-12-21(14(2)11-20-13)15(3)16-5-6-17(10-19)18(9-16)23-8-7-22-4/h5-6,9,13-15,20H,7-8,11-12H2,1-4H3/t13-,14+,15?/m0/s1. The first kappa shape index (κ1) is 17.7. The van der Waals surface area contributed by atoms with Crippen LogP contribution < -0.4 is 10.1 Å². The molecule has 0 amide bonds. The van der Waals surface area contributed by atoms with E-state index in [1.807, 2.05) is 18.2 Å². The highest BCUT2D eigenvalue weighted by atomic mass is 16.5. The summed E-state index contributed by atoms with van der Waals surface area (Å²) in [6.07, 6.45) is 0. The van der Waals surface area contributed by atoms with Crippen LogP contribution in [0.3, 0.4) is 0 Å². The van der Waals surface area contributed by atoms with Crippen LogP contribution in [0.25, 0.3) is 0 Å². The van der Waals surface area contributed by atoms with Crippen LogP contribution in [0.1, 0.15) is 37.9 Å². The van der Waals surface area contributed by atoms with E-state index in [9.17, 15) is 5.26 Å². The van der Waals surface area contributed by atoms with Gasteiger partial charge in [0.1, 0.15) is 18.4 Å². The fraction of sp³-hybridized carbons (Fsp3) is 0.611. The van der Waals surface area contributed by atoms with Crippen molar-refractivity contribution in [3.8, 4) is 11.8 Å². The van der Waals surface area contributed by atoms with Crippen LogP contribution in [0, 0.1) is 11.3 Å². The highest BCUT2D eigenvalue weighted by Crippen LogP contribution is 2.29. The van der Waals surface area contributed by atoms with Gasteiger partial charge in [0.05, 0.1) is 12.2 Å². The molecule has 1 N–H and O–H groups in total. The summed E-state index contributed by atoms with van der Waals surface area (Å²) in [5, 5.41) is 12.8. The van der Waals surface area contributed by atoms with Crippen LogP contribution in [0.15, 0.2) is 18.2 Å². The topological polar surface area (TPSA) is 57.5 Å². The van der Waals surface area contributed by atoms with Gasteiger partial charge in [0, 0.05) is 38.3 Å². The smallest absolute Gasteiger partial charge is 0.137 e. The summed E-state index contributed by atoms with van der Waals surface area (Å²) >= 11 is 0. The van der Waals surface area contributed by atoms with Gasteiger partial charge in [-0.15, -0.1) is 0 Å². The summed E-state index contributed by atoms with van der Waals surface area (Å²) in [6.45, 7) is 9.65. The van der Waals surface area contributed by atoms with Gasteiger partial charge < -0.3 is 14.8 Å². The van der Waals surface area contributed by atoms with Crippen LogP contribution in [-0.4, -0.2) is 50.4 Å². The highest BCUT2D eigenvalue weighted by molar-refractivity contribution is 5.46. The molecule has 1 aliphatic rings. The third kappa shape index (κ3) is 4.44. The second-order valence-corrected chi connectivity index (χ2v) is 6.24. The van der Waals surface area contributed by atoms with Crippen molar-refractivity contribution < 1.29 is 9.47 Å². The fourth-order valence-corrected chi connectivity index (χ4v) is 3.03. The molecule has 1 unspecified atom stereocenters. The Kier molecular flexibility index (Phi) is 6.40. The first-order chi connectivity index (χ1) is 11.1. The lowest BCUT2D eigenvalue weighted by Gasteiger charge is -2.41. The number of nitrogens with one attached hydrogen (secondary N) is 1. The van der Waals surface area contributed by atoms with Gasteiger partial charge in [-0.3, -0.25) is 4.90 Å². The monoisotopic (exact) mass is 317 g/mol. The average molecular weight is 317 g/mol. The average Bonchev–Trinajstić information content (AvgIpc) is 2.56. The number of nitrogens with zero attached hydrogens (tertiary/aromatic N) is 2. The molecule has 0 saturated carbocycles. The van der Waals surface area contributed by atoms with E-state index in [0.717, 1.165) is 13.1 Å². The van der Waals surface area contributed by atoms with Crippen LogP contribution in [-0.2, 0) is 4.74 Å². The maximum atomic E-state index is 9.25. The summed E-state index contributed by atoms with van der Waals surface area (Å²) in [5.74, 6) is 0.643. The zero-order valence-electron chi connectivity index (χ0n) is 14.5. The van der Waals surface area contributed by atoms with E-state index in [1.54, 1.807) is 7.11 Å². The number of ether oxygens (including phenoxy) is 2. The van der Waals surface area contributed by atoms with Gasteiger partial charge in [-0.1, -0.05) is 6.07 Å². The molecule has 2 rings (SSSR count). The van der Waals surface area contributed by atoms with Crippen molar-refractivity contribution in [2.24, 2.45) is 0 Å². The second kappa shape index (κ2) is 8.30. The van der Waals surface area contributed by atoms with Gasteiger partial charge in [-0.2, -0.15) is 5.26 Å². The number of benzene rings is 1. The van der Waals surface area contributed by atoms with Crippen molar-refractivity contribution in [3.63, 3.8) is 0 Å². The number of piperazine rings is 1. The largest absolute Gasteiger partial charge is 0.490 e. The van der Waals surface area contributed by atoms with E-state index < -0.39 is 0 Å². The van der Waals surface area contributed by atoms with Crippen LogP contribution in [0.2, 0.25) is 0 Å². The zero-order valence-corrected chi connectivity index (χ0v) is 14.5. The summed E-state index contributed by atoms with van der Waals surface area (Å²) in [6, 6.07) is 9.33. The minimum Gasteiger partial charge on any atom is -0.490 e. The molecular formula is C18H27N3O2. The van der Waals surface area contributed by atoms with E-state index in [4.69, 9.17) is 9.47 Å². The SMILES string of the molecule is COCCOc1cc(C(C)N2C[C@H](C)NC[C@H]2C)ccc1C#N. The van der Waals surface area contributed by atoms with E-state index >= 15 is 0 Å². The molecule has 5 heteroatoms. The van der Waals surface area contributed by atoms with Crippen molar-refractivity contribution in [1.29, 1.82) is 5.26 Å². The molecule has 0 spiro atoms. The van der Waals surface area contributed by atoms with Crippen LogP contribution in [0.4, 0.5) is 0 Å². The third-order valence-electron chi connectivity index (χ3n) is 4.46. The molecule has 1 fully saturated rings. The molecule has 1 aromatic rings. The Balaban J connectivity index is 2.17. The molecule has 23 heavy (non-hydrogen) atoms. The number of methoxy groups -OCH3 is 1. The molecule has 1 aliphatic heterocycles. The third-order valence-corrected chi connectivity index (χ3v) is 4.46. The van der Waals surface area contributed by atoms with Crippen molar-refractivity contribution in [3.05, 3.63) is 29.3 Å². The molecule has 0 bridgehead atoms. The predicted molar refractivity (Wildman–Crippen MR) is 90.6 cm³/mol. The molecule has 1 aromatic carbocycles. The summed E-state index contributed by atoms with van der Waals surface area (Å²) < 4.78 is 10.7. The van der Waals surface area contributed by atoms with Crippen molar-refractivity contribution >= 4 is 0 Å². The molecule has 3 atom stereocenters. The number of rotatable bonds is 6. The highest BCUT2D eigenvalue weighted by Gasteiger charge is 2.27. The van der Waals surface area contributed by atoms with Crippen LogP contribution >= 0.6 is 0 Å². The van der Waals surface area contributed by atoms with E-state index in [2.05, 4.69) is 37.1 Å². The first-order valence-electron chi connectivity index (χ1n) is 8.21. The molecule has 0 aromatic heterocycles. The number of nitriles is 1. The van der Waals surface area contributed by atoms with E-state index in [-0.39, 0.29) is 6.04 Å². The Hall–Kier alpha value is -1.61. The Bertz CT molecular complexity index is 556.